The molecule has 1 aromatic carbocycles. The molecule has 1 aromatic rings. The SMILES string of the molecule is CCC(C)NC(=O)c1cc(Cl)c(N)cc1OC. The maximum Gasteiger partial charge on any atom is 0.255 e. The van der Waals surface area contributed by atoms with Gasteiger partial charge in [-0.1, -0.05) is 18.5 Å². The number of anilines is 1. The van der Waals surface area contributed by atoms with Gasteiger partial charge < -0.3 is 15.8 Å². The van der Waals surface area contributed by atoms with Crippen LogP contribution in [0.3, 0.4) is 0 Å². The third-order valence-corrected chi connectivity index (χ3v) is 2.88. The van der Waals surface area contributed by atoms with Gasteiger partial charge >= 0.3 is 0 Å². The van der Waals surface area contributed by atoms with Crippen LogP contribution in [0.1, 0.15) is 30.6 Å². The minimum atomic E-state index is -0.210. The topological polar surface area (TPSA) is 64.4 Å². The Morgan fingerprint density at radius 1 is 1.59 bits per heavy atom. The van der Waals surface area contributed by atoms with Crippen molar-refractivity contribution in [1.82, 2.24) is 5.32 Å². The van der Waals surface area contributed by atoms with Crippen molar-refractivity contribution in [2.24, 2.45) is 0 Å². The number of rotatable bonds is 4. The number of amides is 1. The van der Waals surface area contributed by atoms with E-state index < -0.39 is 0 Å². The number of carbonyl (C=O) groups is 1. The second-order valence-corrected chi connectivity index (χ2v) is 4.26. The van der Waals surface area contributed by atoms with E-state index in [1.807, 2.05) is 13.8 Å². The molecule has 0 heterocycles. The molecule has 1 rings (SSSR count). The molecule has 0 radical (unpaired) electrons. The average molecular weight is 257 g/mol. The Balaban J connectivity index is 3.03. The van der Waals surface area contributed by atoms with E-state index in [1.54, 1.807) is 6.07 Å². The number of methoxy groups -OCH3 is 1. The van der Waals surface area contributed by atoms with Gasteiger partial charge in [-0.2, -0.15) is 0 Å². The lowest BCUT2D eigenvalue weighted by molar-refractivity contribution is 0.0936. The summed E-state index contributed by atoms with van der Waals surface area (Å²) in [6, 6.07) is 3.17. The number of nitrogens with one attached hydrogen (secondary N) is 1. The van der Waals surface area contributed by atoms with Gasteiger partial charge in [0.1, 0.15) is 5.75 Å². The highest BCUT2D eigenvalue weighted by Crippen LogP contribution is 2.28. The quantitative estimate of drug-likeness (QED) is 0.814. The Labute approximate surface area is 106 Å². The van der Waals surface area contributed by atoms with Crippen LogP contribution in [0.25, 0.3) is 0 Å². The summed E-state index contributed by atoms with van der Waals surface area (Å²) >= 11 is 5.90. The molecule has 0 aliphatic carbocycles. The van der Waals surface area contributed by atoms with Gasteiger partial charge in [0.15, 0.2) is 0 Å². The second kappa shape index (κ2) is 5.77. The smallest absolute Gasteiger partial charge is 0.255 e. The van der Waals surface area contributed by atoms with E-state index in [0.717, 1.165) is 6.42 Å². The first-order chi connectivity index (χ1) is 7.99. The molecule has 17 heavy (non-hydrogen) atoms. The first kappa shape index (κ1) is 13.6. The van der Waals surface area contributed by atoms with E-state index in [0.29, 0.717) is 22.0 Å². The van der Waals surface area contributed by atoms with Crippen LogP contribution in [0.4, 0.5) is 5.69 Å². The molecule has 1 atom stereocenters. The lowest BCUT2D eigenvalue weighted by atomic mass is 10.1. The van der Waals surface area contributed by atoms with E-state index in [2.05, 4.69) is 5.32 Å². The summed E-state index contributed by atoms with van der Waals surface area (Å²) in [6.07, 6.45) is 0.858. The minimum Gasteiger partial charge on any atom is -0.496 e. The van der Waals surface area contributed by atoms with Crippen LogP contribution in [-0.4, -0.2) is 19.1 Å². The number of nitrogen functional groups attached to an aromatic ring is 1. The zero-order valence-corrected chi connectivity index (χ0v) is 11.0. The van der Waals surface area contributed by atoms with E-state index in [4.69, 9.17) is 22.1 Å². The summed E-state index contributed by atoms with van der Waals surface area (Å²) in [5.74, 6) is 0.214. The van der Waals surface area contributed by atoms with Gasteiger partial charge in [-0.15, -0.1) is 0 Å². The van der Waals surface area contributed by atoms with Crippen molar-refractivity contribution in [2.75, 3.05) is 12.8 Å². The van der Waals surface area contributed by atoms with Crippen molar-refractivity contribution in [3.63, 3.8) is 0 Å². The molecule has 0 saturated carbocycles. The lowest BCUT2D eigenvalue weighted by Gasteiger charge is -2.14. The molecule has 0 aromatic heterocycles. The number of halogens is 1. The van der Waals surface area contributed by atoms with E-state index in [-0.39, 0.29) is 11.9 Å². The molecule has 1 amide bonds. The highest BCUT2D eigenvalue weighted by atomic mass is 35.5. The normalized spacial score (nSPS) is 12.0. The second-order valence-electron chi connectivity index (χ2n) is 3.86. The third kappa shape index (κ3) is 3.27. The first-order valence-electron chi connectivity index (χ1n) is 5.43. The van der Waals surface area contributed by atoms with Crippen molar-refractivity contribution in [2.45, 2.75) is 26.3 Å². The minimum absolute atomic E-state index is 0.100. The summed E-state index contributed by atoms with van der Waals surface area (Å²) in [7, 11) is 1.49. The molecule has 0 bridgehead atoms. The van der Waals surface area contributed by atoms with Crippen molar-refractivity contribution in [1.29, 1.82) is 0 Å². The number of carbonyl (C=O) groups excluding carboxylic acids is 1. The number of benzene rings is 1. The zero-order chi connectivity index (χ0) is 13.0. The fraction of sp³-hybridized carbons (Fsp3) is 0.417. The molecule has 0 spiro atoms. The lowest BCUT2D eigenvalue weighted by Crippen LogP contribution is -2.32. The van der Waals surface area contributed by atoms with Crippen molar-refractivity contribution in [3.8, 4) is 5.75 Å². The van der Waals surface area contributed by atoms with Crippen LogP contribution in [0.5, 0.6) is 5.75 Å². The van der Waals surface area contributed by atoms with Gasteiger partial charge in [0.05, 0.1) is 23.4 Å². The van der Waals surface area contributed by atoms with Crippen molar-refractivity contribution < 1.29 is 9.53 Å². The summed E-state index contributed by atoms with van der Waals surface area (Å²) in [5.41, 5.74) is 6.44. The average Bonchev–Trinajstić information content (AvgIpc) is 2.31. The highest BCUT2D eigenvalue weighted by Gasteiger charge is 2.16. The molecular weight excluding hydrogens is 240 g/mol. The van der Waals surface area contributed by atoms with Gasteiger partial charge in [0.2, 0.25) is 0 Å². The third-order valence-electron chi connectivity index (χ3n) is 2.55. The van der Waals surface area contributed by atoms with Crippen molar-refractivity contribution >= 4 is 23.2 Å². The number of ether oxygens (including phenoxy) is 1. The predicted molar refractivity (Wildman–Crippen MR) is 69.6 cm³/mol. The van der Waals surface area contributed by atoms with Crippen LogP contribution in [0.2, 0.25) is 5.02 Å². The maximum absolute atomic E-state index is 12.0. The van der Waals surface area contributed by atoms with Gasteiger partial charge in [0, 0.05) is 12.1 Å². The molecule has 0 saturated heterocycles. The summed E-state index contributed by atoms with van der Waals surface area (Å²) in [4.78, 5) is 12.0. The first-order valence-corrected chi connectivity index (χ1v) is 5.81. The molecular formula is C12H17ClN2O2. The Bertz CT molecular complexity index is 421. The van der Waals surface area contributed by atoms with E-state index in [9.17, 15) is 4.79 Å². The molecule has 94 valence electrons. The molecule has 1 unspecified atom stereocenters. The maximum atomic E-state index is 12.0. The molecule has 0 aliphatic rings. The summed E-state index contributed by atoms with van der Waals surface area (Å²) < 4.78 is 5.12. The predicted octanol–water partition coefficient (Wildman–Crippen LogP) is 2.46. The fourth-order valence-electron chi connectivity index (χ4n) is 1.32. The van der Waals surface area contributed by atoms with Crippen LogP contribution < -0.4 is 15.8 Å². The van der Waals surface area contributed by atoms with Gasteiger partial charge in [-0.25, -0.2) is 0 Å². The molecule has 4 nitrogen and oxygen atoms in total. The molecule has 3 N–H and O–H groups in total. The Kier molecular flexibility index (Phi) is 4.63. The molecule has 0 fully saturated rings. The molecule has 5 heteroatoms. The highest BCUT2D eigenvalue weighted by molar-refractivity contribution is 6.33. The van der Waals surface area contributed by atoms with Gasteiger partial charge in [-0.3, -0.25) is 4.79 Å². The number of nitrogens with two attached hydrogens (primary N) is 1. The van der Waals surface area contributed by atoms with E-state index >= 15 is 0 Å². The Morgan fingerprint density at radius 3 is 2.76 bits per heavy atom. The summed E-state index contributed by atoms with van der Waals surface area (Å²) in [5, 5.41) is 3.20. The standard InChI is InChI=1S/C12H17ClN2O2/c1-4-7(2)15-12(16)8-5-9(13)10(14)6-11(8)17-3/h5-7H,4,14H2,1-3H3,(H,15,16). The van der Waals surface area contributed by atoms with Crippen molar-refractivity contribution in [3.05, 3.63) is 22.7 Å². The number of hydrogen-bond acceptors (Lipinski definition) is 3. The van der Waals surface area contributed by atoms with Gasteiger partial charge in [0.25, 0.3) is 5.91 Å². The Morgan fingerprint density at radius 2 is 2.24 bits per heavy atom. The fourth-order valence-corrected chi connectivity index (χ4v) is 1.48. The largest absolute Gasteiger partial charge is 0.496 e. The zero-order valence-electron chi connectivity index (χ0n) is 10.2. The Hall–Kier alpha value is -1.42. The monoisotopic (exact) mass is 256 g/mol. The van der Waals surface area contributed by atoms with E-state index in [1.165, 1.54) is 13.2 Å². The van der Waals surface area contributed by atoms with Crippen LogP contribution in [0.15, 0.2) is 12.1 Å². The number of hydrogen-bond donors (Lipinski definition) is 2. The van der Waals surface area contributed by atoms with Crippen LogP contribution >= 0.6 is 11.6 Å². The van der Waals surface area contributed by atoms with Crippen LogP contribution in [-0.2, 0) is 0 Å². The van der Waals surface area contributed by atoms with Gasteiger partial charge in [-0.05, 0) is 19.4 Å². The van der Waals surface area contributed by atoms with Crippen LogP contribution in [0, 0.1) is 0 Å². The molecule has 0 aliphatic heterocycles. The summed E-state index contributed by atoms with van der Waals surface area (Å²) in [6.45, 7) is 3.93.